The predicted octanol–water partition coefficient (Wildman–Crippen LogP) is 1.14. The van der Waals surface area contributed by atoms with E-state index in [2.05, 4.69) is 391 Å². The van der Waals surface area contributed by atoms with E-state index in [0.29, 0.717) is 0 Å². The van der Waals surface area contributed by atoms with E-state index in [1.54, 1.807) is 13.8 Å². The summed E-state index contributed by atoms with van der Waals surface area (Å²) >= 11 is 0. The van der Waals surface area contributed by atoms with Crippen LogP contribution in [0.25, 0.3) is 0 Å². The van der Waals surface area contributed by atoms with Gasteiger partial charge in [0.1, 0.15) is 0 Å². The minimum atomic E-state index is 1.68. The molecule has 0 atom stereocenters. The van der Waals surface area contributed by atoms with Crippen molar-refractivity contribution in [2.75, 3.05) is 0 Å². The van der Waals surface area contributed by atoms with E-state index in [4.69, 9.17) is 0 Å². The third-order valence-corrected chi connectivity index (χ3v) is 4.19. The van der Waals surface area contributed by atoms with Crippen molar-refractivity contribution in [3.05, 3.63) is 0 Å². The van der Waals surface area contributed by atoms with E-state index >= 15 is 0 Å². The highest BCUT2D eigenvalue weighted by Gasteiger charge is 1.64. The molecule has 0 nitrogen and oxygen atoms in total. The summed E-state index contributed by atoms with van der Waals surface area (Å²) in [5.74, 6) is 166. The Hall–Kier alpha value is -14.5. The van der Waals surface area contributed by atoms with Crippen molar-refractivity contribution in [2.45, 2.75) is 13.8 Å². The number of hydrogen-bond donors (Lipinski definition) is 0. The van der Waals surface area contributed by atoms with Gasteiger partial charge in [0.2, 0.25) is 0 Å². The lowest BCUT2D eigenvalue weighted by atomic mass is 10.4. The molecule has 0 saturated carbocycles. The van der Waals surface area contributed by atoms with E-state index in [9.17, 15) is 0 Å². The largest absolute Gasteiger partial charge is 0.0925 e. The van der Waals surface area contributed by atoms with E-state index < -0.39 is 0 Å². The second-order valence-electron chi connectivity index (χ2n) is 8.50. The topological polar surface area (TPSA) is 0 Å². The van der Waals surface area contributed by atoms with Gasteiger partial charge in [0.15, 0.2) is 0 Å². The Balaban J connectivity index is 4.60. The van der Waals surface area contributed by atoms with Crippen LogP contribution in [0.15, 0.2) is 0 Å². The molecule has 0 aliphatic heterocycles. The van der Waals surface area contributed by atoms with Gasteiger partial charge in [-0.2, -0.15) is 0 Å². The van der Waals surface area contributed by atoms with Crippen LogP contribution in [0, 0.1) is 391 Å². The average molecular weight is 823 g/mol. The van der Waals surface area contributed by atoms with Crippen molar-refractivity contribution in [3.8, 4) is 391 Å². The van der Waals surface area contributed by atoms with Crippen LogP contribution in [-0.4, -0.2) is 0 Å². The highest BCUT2D eigenvalue weighted by molar-refractivity contribution is 5.52. The second-order valence-corrected chi connectivity index (χ2v) is 8.50. The normalized spacial score (nSPS) is 3.97. The summed E-state index contributed by atoms with van der Waals surface area (Å²) in [6.45, 7) is 3.37. The van der Waals surface area contributed by atoms with Crippen LogP contribution in [0.3, 0.4) is 0 Å². The summed E-state index contributed by atoms with van der Waals surface area (Å²) < 4.78 is 0. The summed E-state index contributed by atoms with van der Waals surface area (Å²) in [4.78, 5) is 0. The van der Waals surface area contributed by atoms with Gasteiger partial charge in [-0.05, 0) is 109 Å². The number of hydrogen-bond acceptors (Lipinski definition) is 0. The fraction of sp³-hybridized carbons (Fsp3) is 0.0294. The Kier molecular flexibility index (Phi) is 41.3. The van der Waals surface area contributed by atoms with Crippen molar-refractivity contribution in [1.29, 1.82) is 0 Å². The SMILES string of the molecule is CC#CC#CC#CC#CC#CC#CC#CC#CC#CC#CC#CC#CC#CC#CC#CC#CC#CC#CC#CC#CC#CC#CC#CC#CC#CC#CC#CC#CC#CC#CC#CC#CC#CC. The summed E-state index contributed by atoms with van der Waals surface area (Å²) in [7, 11) is 0. The molecule has 0 rings (SSSR count). The molecule has 0 fully saturated rings. The number of rotatable bonds is 0. The van der Waals surface area contributed by atoms with Crippen LogP contribution in [0.4, 0.5) is 0 Å². The van der Waals surface area contributed by atoms with Gasteiger partial charge in [0.25, 0.3) is 0 Å². The zero-order chi connectivity index (χ0) is 48.7. The molecule has 0 aliphatic carbocycles. The molecule has 278 valence electrons. The van der Waals surface area contributed by atoms with E-state index in [1.165, 1.54) is 0 Å². The maximum absolute atomic E-state index is 2.63. The monoisotopic (exact) mass is 822 g/mol. The Morgan fingerprint density at radius 2 is 0.118 bits per heavy atom. The van der Waals surface area contributed by atoms with Crippen LogP contribution >= 0.6 is 0 Å². The van der Waals surface area contributed by atoms with Gasteiger partial charge in [-0.25, -0.2) is 0 Å². The molecule has 0 amide bonds. The quantitative estimate of drug-likeness (QED) is 0.322. The lowest BCUT2D eigenvalue weighted by Crippen LogP contribution is -1.57. The molecular formula is C68H6. The first-order valence-electron chi connectivity index (χ1n) is 17.2. The molecule has 0 saturated heterocycles. The van der Waals surface area contributed by atoms with E-state index in [0.717, 1.165) is 0 Å². The van der Waals surface area contributed by atoms with Crippen molar-refractivity contribution in [1.82, 2.24) is 0 Å². The summed E-state index contributed by atoms with van der Waals surface area (Å²) in [5, 5.41) is 0. The first-order valence-corrected chi connectivity index (χ1v) is 17.2. The van der Waals surface area contributed by atoms with Crippen LogP contribution in [-0.2, 0) is 0 Å². The van der Waals surface area contributed by atoms with Crippen molar-refractivity contribution in [2.24, 2.45) is 0 Å². The van der Waals surface area contributed by atoms with E-state index in [-0.39, 0.29) is 0 Å². The van der Waals surface area contributed by atoms with Gasteiger partial charge >= 0.3 is 0 Å². The van der Waals surface area contributed by atoms with Crippen molar-refractivity contribution < 1.29 is 0 Å². The molecule has 0 radical (unpaired) electrons. The second kappa shape index (κ2) is 52.5. The Labute approximate surface area is 402 Å². The molecule has 0 aromatic rings. The molecule has 0 aliphatic rings. The van der Waals surface area contributed by atoms with Crippen molar-refractivity contribution in [3.63, 3.8) is 0 Å². The molecule has 0 unspecified atom stereocenters. The Bertz CT molecular complexity index is 4110. The van der Waals surface area contributed by atoms with Gasteiger partial charge in [0, 0.05) is 284 Å². The molecule has 0 spiro atoms. The Morgan fingerprint density at radius 3 is 0.162 bits per heavy atom. The molecule has 0 N–H and O–H groups in total. The van der Waals surface area contributed by atoms with Gasteiger partial charge in [-0.3, -0.25) is 0 Å². The first kappa shape index (κ1) is 53.5. The highest BCUT2D eigenvalue weighted by Crippen LogP contribution is 1.64. The third kappa shape index (κ3) is 51.5. The fourth-order valence-corrected chi connectivity index (χ4v) is 2.06. The minimum Gasteiger partial charge on any atom is -0.0925 e. The zero-order valence-corrected chi connectivity index (χ0v) is 35.0. The Morgan fingerprint density at radius 1 is 0.0735 bits per heavy atom. The maximum Gasteiger partial charge on any atom is 0 e. The summed E-state index contributed by atoms with van der Waals surface area (Å²) in [6, 6.07) is 0. The average Bonchev–Trinajstić information content (AvgIpc) is 3.35. The standard InChI is InChI=1S/C68H6/c1-3-5-7-9-11-13-15-17-19-21-23-25-27-29-31-33-35-37-39-41-43-45-47-49-51-53-55-57-59-61-63-65-67-68-66-64-62-60-58-56-54-52-50-48-46-44-42-40-38-36-34-32-30-28-26-24-22-20-18-16-14-12-10-8-6-4-2/h1-2H3. The highest BCUT2D eigenvalue weighted by atomic mass is 13.6. The van der Waals surface area contributed by atoms with Gasteiger partial charge in [0.05, 0.1) is 0 Å². The molecular weight excluding hydrogens is 817 g/mol. The van der Waals surface area contributed by atoms with Crippen molar-refractivity contribution >= 4 is 0 Å². The minimum absolute atomic E-state index is 1.68. The molecule has 0 heteroatoms. The predicted molar refractivity (Wildman–Crippen MR) is 268 cm³/mol. The van der Waals surface area contributed by atoms with Gasteiger partial charge < -0.3 is 0 Å². The van der Waals surface area contributed by atoms with Crippen LogP contribution in [0.1, 0.15) is 13.8 Å². The van der Waals surface area contributed by atoms with Gasteiger partial charge in [-0.15, -0.1) is 0 Å². The third-order valence-electron chi connectivity index (χ3n) is 4.19. The summed E-state index contributed by atoms with van der Waals surface area (Å²) in [5.41, 5.74) is 0. The molecule has 0 aromatic carbocycles. The van der Waals surface area contributed by atoms with Crippen LogP contribution in [0.5, 0.6) is 0 Å². The van der Waals surface area contributed by atoms with Crippen LogP contribution < -0.4 is 0 Å². The lowest BCUT2D eigenvalue weighted by molar-refractivity contribution is 1.92. The molecule has 0 aromatic heterocycles. The summed E-state index contributed by atoms with van der Waals surface area (Å²) in [6.07, 6.45) is 0. The fourth-order valence-electron chi connectivity index (χ4n) is 2.06. The smallest absolute Gasteiger partial charge is 0 e. The maximum atomic E-state index is 2.63. The molecule has 68 heavy (non-hydrogen) atoms. The van der Waals surface area contributed by atoms with Gasteiger partial charge in [-0.1, -0.05) is 11.8 Å². The van der Waals surface area contributed by atoms with E-state index in [1.807, 2.05) is 0 Å². The first-order chi connectivity index (χ1) is 33.9. The lowest BCUT2D eigenvalue weighted by Gasteiger charge is -1.57. The molecule has 0 heterocycles. The zero-order valence-electron chi connectivity index (χ0n) is 35.0. The van der Waals surface area contributed by atoms with Crippen LogP contribution in [0.2, 0.25) is 0 Å². The molecule has 0 bridgehead atoms.